The molecule has 0 amide bonds. The van der Waals surface area contributed by atoms with E-state index in [1.54, 1.807) is 72.8 Å². The Hall–Kier alpha value is -3.38. The summed E-state index contributed by atoms with van der Waals surface area (Å²) < 4.78 is 10.6. The van der Waals surface area contributed by atoms with E-state index in [4.69, 9.17) is 14.3 Å². The maximum absolute atomic E-state index is 9.52. The number of benzene rings is 3. The lowest BCUT2D eigenvalue weighted by Gasteiger charge is -2.07. The molecule has 0 spiro atoms. The van der Waals surface area contributed by atoms with Crippen molar-refractivity contribution in [3.63, 3.8) is 0 Å². The first-order valence-electron chi connectivity index (χ1n) is 8.11. The van der Waals surface area contributed by atoms with Gasteiger partial charge in [0.05, 0.1) is 0 Å². The maximum atomic E-state index is 9.52. The van der Waals surface area contributed by atoms with Gasteiger partial charge in [0.1, 0.15) is 29.6 Å². The van der Waals surface area contributed by atoms with Crippen LogP contribution in [-0.4, -0.2) is 31.7 Å². The van der Waals surface area contributed by atoms with Gasteiger partial charge in [0.25, 0.3) is 0 Å². The molecule has 138 valence electrons. The molecule has 5 nitrogen and oxygen atoms in total. The van der Waals surface area contributed by atoms with E-state index in [0.717, 1.165) is 5.75 Å². The third-order valence-electron chi connectivity index (χ3n) is 3.24. The van der Waals surface area contributed by atoms with Gasteiger partial charge < -0.3 is 24.5 Å². The quantitative estimate of drug-likeness (QED) is 0.451. The predicted octanol–water partition coefficient (Wildman–Crippen LogP) is 3.38. The second-order valence-electron chi connectivity index (χ2n) is 5.28. The smallest absolute Gasteiger partial charge is 0.355 e. The van der Waals surface area contributed by atoms with Gasteiger partial charge in [0, 0.05) is 5.19 Å². The molecule has 0 atom stereocenters. The molecular weight excluding hydrogens is 360 g/mol. The summed E-state index contributed by atoms with van der Waals surface area (Å²) in [4.78, 5) is 0. The standard InChI is InChI=1S/C12H10O3Si.C9H10O2/c13-9-5-1-3-7-11(9)15-16-12-8-4-2-6-10(12)14;1-2-7-11-9-5-3-8(10)4-6-9/h1-8,13-14H;2-6,10H,1,7H2. The summed E-state index contributed by atoms with van der Waals surface area (Å²) in [5.74, 6) is 1.71. The highest BCUT2D eigenvalue weighted by Crippen LogP contribution is 2.23. The fraction of sp³-hybridized carbons (Fsp3) is 0.0476. The van der Waals surface area contributed by atoms with Crippen molar-refractivity contribution in [2.45, 2.75) is 0 Å². The summed E-state index contributed by atoms with van der Waals surface area (Å²) in [7, 11) is -0.0329. The minimum Gasteiger partial charge on any atom is -0.533 e. The van der Waals surface area contributed by atoms with Crippen LogP contribution < -0.4 is 14.3 Å². The van der Waals surface area contributed by atoms with Crippen molar-refractivity contribution >= 4 is 14.9 Å². The second-order valence-corrected chi connectivity index (χ2v) is 6.23. The molecule has 0 aliphatic heterocycles. The van der Waals surface area contributed by atoms with Crippen molar-refractivity contribution in [1.82, 2.24) is 0 Å². The van der Waals surface area contributed by atoms with Gasteiger partial charge in [-0.1, -0.05) is 43.0 Å². The summed E-state index contributed by atoms with van der Waals surface area (Å²) in [6, 6.07) is 20.3. The number of hydrogen-bond donors (Lipinski definition) is 3. The van der Waals surface area contributed by atoms with Crippen molar-refractivity contribution in [3.8, 4) is 28.7 Å². The molecule has 0 aliphatic carbocycles. The molecule has 0 saturated carbocycles. The summed E-state index contributed by atoms with van der Waals surface area (Å²) in [6.45, 7) is 4.01. The highest BCUT2D eigenvalue weighted by molar-refractivity contribution is 6.49. The van der Waals surface area contributed by atoms with Crippen LogP contribution in [0.15, 0.2) is 85.5 Å². The second kappa shape index (κ2) is 10.6. The zero-order valence-electron chi connectivity index (χ0n) is 14.6. The van der Waals surface area contributed by atoms with E-state index in [1.165, 1.54) is 0 Å². The van der Waals surface area contributed by atoms with Gasteiger partial charge in [-0.2, -0.15) is 0 Å². The Morgan fingerprint density at radius 2 is 1.44 bits per heavy atom. The minimum absolute atomic E-state index is 0.0329. The lowest BCUT2D eigenvalue weighted by Crippen LogP contribution is -2.20. The first-order chi connectivity index (χ1) is 13.1. The minimum atomic E-state index is -0.0329. The van der Waals surface area contributed by atoms with E-state index < -0.39 is 0 Å². The Balaban J connectivity index is 0.000000208. The van der Waals surface area contributed by atoms with Crippen LogP contribution in [0.2, 0.25) is 0 Å². The van der Waals surface area contributed by atoms with Crippen LogP contribution in [0.4, 0.5) is 0 Å². The molecule has 3 rings (SSSR count). The third kappa shape index (κ3) is 6.79. The number of para-hydroxylation sites is 3. The van der Waals surface area contributed by atoms with Gasteiger partial charge in [-0.15, -0.1) is 0 Å². The summed E-state index contributed by atoms with van der Waals surface area (Å²) in [6.07, 6.45) is 1.67. The van der Waals surface area contributed by atoms with E-state index in [2.05, 4.69) is 6.58 Å². The van der Waals surface area contributed by atoms with Crippen LogP contribution in [0, 0.1) is 0 Å². The molecule has 27 heavy (non-hydrogen) atoms. The van der Waals surface area contributed by atoms with E-state index in [-0.39, 0.29) is 27.0 Å². The van der Waals surface area contributed by atoms with Gasteiger partial charge in [0.15, 0.2) is 5.75 Å². The van der Waals surface area contributed by atoms with E-state index >= 15 is 0 Å². The molecule has 6 heteroatoms. The molecule has 3 aromatic carbocycles. The predicted molar refractivity (Wildman–Crippen MR) is 106 cm³/mol. The van der Waals surface area contributed by atoms with E-state index in [0.29, 0.717) is 17.5 Å². The molecule has 0 heterocycles. The van der Waals surface area contributed by atoms with Gasteiger partial charge in [-0.25, -0.2) is 0 Å². The first-order valence-corrected chi connectivity index (χ1v) is 9.02. The molecule has 0 saturated heterocycles. The average molecular weight is 380 g/mol. The number of phenols is 3. The lowest BCUT2D eigenvalue weighted by molar-refractivity contribution is 0.362. The Labute approximate surface area is 160 Å². The van der Waals surface area contributed by atoms with Gasteiger partial charge in [-0.05, 0) is 42.5 Å². The van der Waals surface area contributed by atoms with Gasteiger partial charge in [0.2, 0.25) is 0 Å². The van der Waals surface area contributed by atoms with Crippen molar-refractivity contribution in [2.75, 3.05) is 6.61 Å². The number of aromatic hydroxyl groups is 3. The van der Waals surface area contributed by atoms with Crippen molar-refractivity contribution in [1.29, 1.82) is 0 Å². The fourth-order valence-corrected chi connectivity index (χ4v) is 2.66. The van der Waals surface area contributed by atoms with Crippen molar-refractivity contribution in [2.24, 2.45) is 0 Å². The molecule has 0 aromatic heterocycles. The SMILES string of the molecule is C=CCOc1ccc(O)cc1.Oc1ccccc1O[Si]c1ccccc1O. The molecule has 2 radical (unpaired) electrons. The molecule has 0 bridgehead atoms. The van der Waals surface area contributed by atoms with Crippen molar-refractivity contribution < 1.29 is 24.5 Å². The first kappa shape index (κ1) is 19.9. The Bertz CT molecular complexity index is 804. The fourth-order valence-electron chi connectivity index (χ4n) is 1.91. The van der Waals surface area contributed by atoms with Crippen LogP contribution in [0.25, 0.3) is 0 Å². The largest absolute Gasteiger partial charge is 0.533 e. The monoisotopic (exact) mass is 380 g/mol. The molecule has 3 aromatic rings. The van der Waals surface area contributed by atoms with E-state index in [9.17, 15) is 10.2 Å². The summed E-state index contributed by atoms with van der Waals surface area (Å²) >= 11 is 0. The number of hydrogen-bond acceptors (Lipinski definition) is 5. The van der Waals surface area contributed by atoms with Crippen LogP contribution in [-0.2, 0) is 0 Å². The maximum Gasteiger partial charge on any atom is 0.355 e. The highest BCUT2D eigenvalue weighted by Gasteiger charge is 2.06. The van der Waals surface area contributed by atoms with Crippen LogP contribution in [0.3, 0.4) is 0 Å². The average Bonchev–Trinajstić information content (AvgIpc) is 2.69. The molecule has 0 unspecified atom stereocenters. The number of ether oxygens (including phenoxy) is 1. The zero-order valence-corrected chi connectivity index (χ0v) is 15.6. The van der Waals surface area contributed by atoms with Gasteiger partial charge in [-0.3, -0.25) is 0 Å². The lowest BCUT2D eigenvalue weighted by atomic mass is 10.3. The third-order valence-corrected chi connectivity index (χ3v) is 4.21. The molecule has 3 N–H and O–H groups in total. The van der Waals surface area contributed by atoms with Crippen LogP contribution >= 0.6 is 0 Å². The normalized spacial score (nSPS) is 9.63. The molecule has 0 fully saturated rings. The van der Waals surface area contributed by atoms with Crippen LogP contribution in [0.5, 0.6) is 28.7 Å². The van der Waals surface area contributed by atoms with E-state index in [1.807, 2.05) is 6.07 Å². The topological polar surface area (TPSA) is 79.2 Å². The Morgan fingerprint density at radius 1 is 0.815 bits per heavy atom. The summed E-state index contributed by atoms with van der Waals surface area (Å²) in [5.41, 5.74) is 0. The zero-order chi connectivity index (χ0) is 19.5. The molecule has 0 aliphatic rings. The van der Waals surface area contributed by atoms with Gasteiger partial charge >= 0.3 is 9.76 Å². The Kier molecular flexibility index (Phi) is 7.81. The summed E-state index contributed by atoms with van der Waals surface area (Å²) in [5, 5.41) is 28.6. The number of phenolic OH excluding ortho intramolecular Hbond substituents is 3. The Morgan fingerprint density at radius 3 is 2.07 bits per heavy atom. The highest BCUT2D eigenvalue weighted by atomic mass is 28.2. The van der Waals surface area contributed by atoms with Crippen LogP contribution in [0.1, 0.15) is 0 Å². The number of rotatable bonds is 6. The van der Waals surface area contributed by atoms with Crippen molar-refractivity contribution in [3.05, 3.63) is 85.5 Å². The molecular formula is C21H20O5Si.